The fourth-order valence-corrected chi connectivity index (χ4v) is 3.33. The van der Waals surface area contributed by atoms with Gasteiger partial charge in [0.05, 0.1) is 11.1 Å². The fourth-order valence-electron chi connectivity index (χ4n) is 3.33. The molecule has 1 radical (unpaired) electrons. The van der Waals surface area contributed by atoms with Crippen molar-refractivity contribution in [2.45, 2.75) is 0 Å². The first-order valence-corrected chi connectivity index (χ1v) is 7.25. The average Bonchev–Trinajstić information content (AvgIpc) is 2.70. The molecule has 0 saturated carbocycles. The van der Waals surface area contributed by atoms with Crippen LogP contribution in [0.5, 0.6) is 0 Å². The molecule has 27 heavy (non-hydrogen) atoms. The van der Waals surface area contributed by atoms with E-state index in [2.05, 4.69) is 9.97 Å². The normalized spacial score (nSPS) is 9.74. The summed E-state index contributed by atoms with van der Waals surface area (Å²) in [5.74, 6) is 0. The molecule has 115 valence electrons. The quantitative estimate of drug-likeness (QED) is 0.349. The molecule has 0 spiro atoms. The van der Waals surface area contributed by atoms with Crippen LogP contribution in [0.15, 0.2) is 18.3 Å². The van der Waals surface area contributed by atoms with Gasteiger partial charge in [-0.15, -0.1) is 0 Å². The van der Waals surface area contributed by atoms with Gasteiger partial charge in [0.1, 0.15) is 41.7 Å². The van der Waals surface area contributed by atoms with Crippen LogP contribution < -0.4 is 0 Å². The predicted molar refractivity (Wildman–Crippen MR) is 95.1 cm³/mol. The Hall–Kier alpha value is -3.77. The summed E-state index contributed by atoms with van der Waals surface area (Å²) in [5, 5.41) is 50.2. The molecule has 0 aliphatic heterocycles. The van der Waals surface area contributed by atoms with E-state index in [9.17, 15) is 26.3 Å². The van der Waals surface area contributed by atoms with E-state index in [0.29, 0.717) is 21.5 Å². The molecule has 4 aromatic rings. The molecule has 2 aromatic carbocycles. The third-order valence-corrected chi connectivity index (χ3v) is 4.31. The molecular weight excluding hydrogens is 349 g/mol. The summed E-state index contributed by atoms with van der Waals surface area (Å²) < 4.78 is 0. The maximum Gasteiger partial charge on any atom is 0.151 e. The van der Waals surface area contributed by atoms with Gasteiger partial charge < -0.3 is 0 Å². The summed E-state index contributed by atoms with van der Waals surface area (Å²) >= 11 is 0. The number of pyridine rings is 2. The Morgan fingerprint density at radius 3 is 1.78 bits per heavy atom. The van der Waals surface area contributed by atoms with Gasteiger partial charge in [-0.2, -0.15) is 26.3 Å². The summed E-state index contributed by atoms with van der Waals surface area (Å²) in [6, 6.07) is 13.1. The monoisotopic (exact) mass is 352 g/mol. The summed E-state index contributed by atoms with van der Waals surface area (Å²) in [5.41, 5.74) is -0.123. The van der Waals surface area contributed by atoms with Gasteiger partial charge in [0.2, 0.25) is 0 Å². The number of hydrogen-bond donors (Lipinski definition) is 0. The number of benzene rings is 2. The summed E-state index contributed by atoms with van der Waals surface area (Å²) in [6.45, 7) is 0. The Labute approximate surface area is 174 Å². The van der Waals surface area contributed by atoms with E-state index in [1.807, 2.05) is 30.3 Å². The van der Waals surface area contributed by atoms with Crippen molar-refractivity contribution in [3.63, 3.8) is 0 Å². The Bertz CT molecular complexity index is 1480. The second-order valence-electron chi connectivity index (χ2n) is 5.43. The van der Waals surface area contributed by atoms with E-state index in [-0.39, 0.29) is 68.5 Å². The molecule has 0 saturated heterocycles. The molecule has 0 aliphatic carbocycles. The summed E-state index contributed by atoms with van der Waals surface area (Å²) in [7, 11) is 0. The van der Waals surface area contributed by atoms with Crippen molar-refractivity contribution in [1.29, 1.82) is 26.3 Å². The van der Waals surface area contributed by atoms with Crippen LogP contribution in [0, 0.1) is 56.7 Å². The summed E-state index contributed by atoms with van der Waals surface area (Å²) in [4.78, 5) is 8.14. The van der Waals surface area contributed by atoms with Gasteiger partial charge in [0, 0.05) is 68.1 Å². The molecule has 0 fully saturated rings. The third kappa shape index (κ3) is 2.21. The van der Waals surface area contributed by atoms with Crippen molar-refractivity contribution in [1.82, 2.24) is 9.97 Å². The minimum Gasteiger partial charge on any atom is -0.244 e. The van der Waals surface area contributed by atoms with Crippen molar-refractivity contribution >= 4 is 61.9 Å². The van der Waals surface area contributed by atoms with Crippen molar-refractivity contribution in [3.05, 3.63) is 46.5 Å². The molecule has 2 heterocycles. The van der Waals surface area contributed by atoms with Gasteiger partial charge in [-0.05, 0) is 0 Å². The van der Waals surface area contributed by atoms with Crippen LogP contribution in [0.4, 0.5) is 0 Å². The Morgan fingerprint density at radius 2 is 1.22 bits per heavy atom. The van der Waals surface area contributed by atoms with Gasteiger partial charge in [0.25, 0.3) is 0 Å². The first-order valence-electron chi connectivity index (χ1n) is 7.25. The number of nitrogens with zero attached hydrogens (tertiary/aromatic N) is 7. The fraction of sp³-hybridized carbons (Fsp3) is 0. The average molecular weight is 352 g/mol. The van der Waals surface area contributed by atoms with Crippen molar-refractivity contribution in [2.75, 3.05) is 0 Å². The molecule has 8 heteroatoms. The molecule has 4 rings (SSSR count). The molecule has 0 atom stereocenters. The molecule has 0 amide bonds. The molecule has 7 nitrogen and oxygen atoms in total. The van der Waals surface area contributed by atoms with Crippen molar-refractivity contribution in [3.8, 4) is 30.3 Å². The van der Waals surface area contributed by atoms with Gasteiger partial charge in [-0.25, -0.2) is 9.97 Å². The van der Waals surface area contributed by atoms with Gasteiger partial charge in [-0.3, -0.25) is 0 Å². The van der Waals surface area contributed by atoms with Crippen LogP contribution in [0.25, 0.3) is 32.3 Å². The number of rotatable bonds is 0. The molecule has 0 N–H and O–H groups in total. The first kappa shape index (κ1) is 18.0. The van der Waals surface area contributed by atoms with E-state index in [1.54, 1.807) is 12.1 Å². The van der Waals surface area contributed by atoms with Gasteiger partial charge >= 0.3 is 0 Å². The Kier molecular flexibility index (Phi) is 4.35. The largest absolute Gasteiger partial charge is 0.244 e. The van der Waals surface area contributed by atoms with Crippen LogP contribution in [0.2, 0.25) is 0 Å². The van der Waals surface area contributed by atoms with Gasteiger partial charge in [0.15, 0.2) is 5.69 Å². The van der Waals surface area contributed by atoms with Crippen molar-refractivity contribution < 1.29 is 0 Å². The minimum absolute atomic E-state index is 0. The van der Waals surface area contributed by atoms with E-state index >= 15 is 0 Å². The molecular formula is C19H3N7Na. The van der Waals surface area contributed by atoms with E-state index in [1.165, 1.54) is 6.20 Å². The third-order valence-electron chi connectivity index (χ3n) is 4.31. The second-order valence-corrected chi connectivity index (χ2v) is 5.43. The Morgan fingerprint density at radius 1 is 0.630 bits per heavy atom. The molecule has 0 bridgehead atoms. The zero-order valence-electron chi connectivity index (χ0n) is 13.9. The van der Waals surface area contributed by atoms with Crippen LogP contribution in [-0.2, 0) is 0 Å². The van der Waals surface area contributed by atoms with Crippen LogP contribution >= 0.6 is 0 Å². The number of nitriles is 5. The van der Waals surface area contributed by atoms with Crippen LogP contribution in [0.3, 0.4) is 0 Å². The number of hydrogen-bond acceptors (Lipinski definition) is 7. The maximum atomic E-state index is 9.67. The van der Waals surface area contributed by atoms with E-state index < -0.39 is 0 Å². The standard InChI is InChI=1S/C19H3N7.Na/c20-3-11-12(4-21)18-15(7-24)26-13(5-22)10-2-1-9-8-25-14(6-23)17(11)16(9)19(10)18;/h1-2,8H;. The molecule has 0 aliphatic rings. The molecule has 2 aromatic heterocycles. The Balaban J connectivity index is 0.00000210. The number of aromatic nitrogens is 2. The zero-order chi connectivity index (χ0) is 18.4. The minimum atomic E-state index is -0.105. The summed E-state index contributed by atoms with van der Waals surface area (Å²) in [6.07, 6.45) is 1.49. The van der Waals surface area contributed by atoms with Gasteiger partial charge in [-0.1, -0.05) is 12.1 Å². The van der Waals surface area contributed by atoms with Crippen LogP contribution in [0.1, 0.15) is 28.2 Å². The smallest absolute Gasteiger partial charge is 0.151 e. The molecule has 0 unspecified atom stereocenters. The SMILES string of the molecule is N#Cc1nc(C#N)c2c(C#N)c(C#N)c3c(C#N)ncc4ccc1c2c43.[Na]. The van der Waals surface area contributed by atoms with Crippen molar-refractivity contribution in [2.24, 2.45) is 0 Å². The predicted octanol–water partition coefficient (Wildman–Crippen LogP) is 2.35. The van der Waals surface area contributed by atoms with E-state index in [4.69, 9.17) is 0 Å². The maximum absolute atomic E-state index is 9.67. The first-order chi connectivity index (χ1) is 12.7. The van der Waals surface area contributed by atoms with E-state index in [0.717, 1.165) is 0 Å². The zero-order valence-corrected chi connectivity index (χ0v) is 15.9. The van der Waals surface area contributed by atoms with Crippen LogP contribution in [-0.4, -0.2) is 39.5 Å². The topological polar surface area (TPSA) is 145 Å². The second kappa shape index (κ2) is 6.51.